The molecular weight excluding hydrogens is 224 g/mol. The van der Waals surface area contributed by atoms with Gasteiger partial charge in [-0.2, -0.15) is 0 Å². The summed E-state index contributed by atoms with van der Waals surface area (Å²) in [5.41, 5.74) is 7.50. The van der Waals surface area contributed by atoms with E-state index in [1.807, 2.05) is 0 Å². The maximum Gasteiger partial charge on any atom is 0.128 e. The van der Waals surface area contributed by atoms with Gasteiger partial charge in [0.15, 0.2) is 0 Å². The highest BCUT2D eigenvalue weighted by molar-refractivity contribution is 6.30. The second-order valence-corrected chi connectivity index (χ2v) is 3.89. The first-order valence-electron chi connectivity index (χ1n) is 4.42. The predicted molar refractivity (Wildman–Crippen MR) is 58.5 cm³/mol. The number of hydrogen-bond acceptors (Lipinski definition) is 1. The monoisotopic (exact) mass is 235 g/mol. The summed E-state index contributed by atoms with van der Waals surface area (Å²) in [6.45, 7) is 0. The van der Waals surface area contributed by atoms with Gasteiger partial charge in [-0.1, -0.05) is 11.6 Å². The van der Waals surface area contributed by atoms with Crippen LogP contribution in [0.5, 0.6) is 0 Å². The Morgan fingerprint density at radius 3 is 2.86 bits per heavy atom. The van der Waals surface area contributed by atoms with E-state index in [9.17, 15) is 4.39 Å². The van der Waals surface area contributed by atoms with E-state index in [2.05, 4.69) is 0 Å². The molecule has 0 aromatic heterocycles. The molecule has 0 saturated carbocycles. The molecule has 0 aliphatic heterocycles. The van der Waals surface area contributed by atoms with Crippen LogP contribution >= 0.6 is 24.0 Å². The molecule has 1 aliphatic carbocycles. The molecule has 2 N–H and O–H groups in total. The smallest absolute Gasteiger partial charge is 0.128 e. The van der Waals surface area contributed by atoms with Crippen molar-refractivity contribution in [3.8, 4) is 0 Å². The van der Waals surface area contributed by atoms with Crippen molar-refractivity contribution in [1.82, 2.24) is 0 Å². The van der Waals surface area contributed by atoms with Crippen LogP contribution in [-0.2, 0) is 6.42 Å². The van der Waals surface area contributed by atoms with Gasteiger partial charge in [-0.3, -0.25) is 0 Å². The summed E-state index contributed by atoms with van der Waals surface area (Å²) in [6, 6.07) is 3.10. The van der Waals surface area contributed by atoms with Gasteiger partial charge in [0.05, 0.1) is 0 Å². The number of benzene rings is 1. The number of hydrogen-bond donors (Lipinski definition) is 1. The Hall–Kier alpha value is -0.310. The van der Waals surface area contributed by atoms with E-state index in [1.165, 1.54) is 6.07 Å². The Bertz CT molecular complexity index is 341. The molecule has 1 aliphatic rings. The maximum atomic E-state index is 13.4. The average Bonchev–Trinajstić information content (AvgIpc) is 2.07. The molecule has 1 aromatic rings. The Balaban J connectivity index is 0.000000980. The third kappa shape index (κ3) is 2.02. The van der Waals surface area contributed by atoms with Crippen molar-refractivity contribution >= 4 is 24.0 Å². The van der Waals surface area contributed by atoms with Gasteiger partial charge in [0, 0.05) is 11.1 Å². The molecule has 2 rings (SSSR count). The fraction of sp³-hybridized carbons (Fsp3) is 0.400. The van der Waals surface area contributed by atoms with Gasteiger partial charge in [-0.25, -0.2) is 4.39 Å². The molecule has 1 aromatic carbocycles. The van der Waals surface area contributed by atoms with Gasteiger partial charge in [0.25, 0.3) is 0 Å². The molecule has 78 valence electrons. The molecule has 1 atom stereocenters. The van der Waals surface area contributed by atoms with Crippen molar-refractivity contribution in [3.05, 3.63) is 34.1 Å². The minimum atomic E-state index is -0.211. The topological polar surface area (TPSA) is 26.0 Å². The zero-order chi connectivity index (χ0) is 9.42. The van der Waals surface area contributed by atoms with E-state index in [4.69, 9.17) is 17.3 Å². The highest BCUT2D eigenvalue weighted by Gasteiger charge is 2.20. The number of rotatable bonds is 0. The first-order valence-corrected chi connectivity index (χ1v) is 4.79. The Kier molecular flexibility index (Phi) is 3.76. The molecule has 0 spiro atoms. The molecule has 0 radical (unpaired) electrons. The molecule has 0 amide bonds. The average molecular weight is 236 g/mol. The minimum absolute atomic E-state index is 0. The normalized spacial score (nSPS) is 19.8. The van der Waals surface area contributed by atoms with Crippen LogP contribution in [0, 0.1) is 5.82 Å². The van der Waals surface area contributed by atoms with Crippen molar-refractivity contribution in [2.24, 2.45) is 5.73 Å². The zero-order valence-electron chi connectivity index (χ0n) is 7.59. The van der Waals surface area contributed by atoms with Gasteiger partial charge in [0.2, 0.25) is 0 Å². The molecular formula is C10H12Cl2FN. The summed E-state index contributed by atoms with van der Waals surface area (Å²) in [5, 5.41) is 0.439. The van der Waals surface area contributed by atoms with Crippen LogP contribution in [0.15, 0.2) is 12.1 Å². The van der Waals surface area contributed by atoms with E-state index in [0.717, 1.165) is 30.4 Å². The van der Waals surface area contributed by atoms with Gasteiger partial charge in [-0.15, -0.1) is 12.4 Å². The molecule has 1 nitrogen and oxygen atoms in total. The standard InChI is InChI=1S/C10H11ClFN.ClH/c11-6-4-8-7(9(12)5-6)2-1-3-10(8)13;/h4-5,10H,1-3,13H2;1H. The van der Waals surface area contributed by atoms with Crippen LogP contribution in [0.25, 0.3) is 0 Å². The molecule has 4 heteroatoms. The van der Waals surface area contributed by atoms with Crippen molar-refractivity contribution in [2.45, 2.75) is 25.3 Å². The van der Waals surface area contributed by atoms with E-state index in [-0.39, 0.29) is 24.3 Å². The maximum absolute atomic E-state index is 13.4. The van der Waals surface area contributed by atoms with Crippen molar-refractivity contribution in [1.29, 1.82) is 0 Å². The Morgan fingerprint density at radius 1 is 1.43 bits per heavy atom. The lowest BCUT2D eigenvalue weighted by atomic mass is 9.88. The Morgan fingerprint density at radius 2 is 2.14 bits per heavy atom. The van der Waals surface area contributed by atoms with Crippen molar-refractivity contribution < 1.29 is 4.39 Å². The fourth-order valence-corrected chi connectivity index (χ4v) is 2.09. The lowest BCUT2D eigenvalue weighted by Crippen LogP contribution is -2.18. The van der Waals surface area contributed by atoms with Crippen molar-refractivity contribution in [3.63, 3.8) is 0 Å². The highest BCUT2D eigenvalue weighted by Crippen LogP contribution is 2.31. The first kappa shape index (κ1) is 11.8. The minimum Gasteiger partial charge on any atom is -0.324 e. The molecule has 0 saturated heterocycles. The lowest BCUT2D eigenvalue weighted by Gasteiger charge is -2.22. The van der Waals surface area contributed by atoms with Crippen LogP contribution in [0.3, 0.4) is 0 Å². The SMILES string of the molecule is Cl.NC1CCCc2c(F)cc(Cl)cc21. The lowest BCUT2D eigenvalue weighted by molar-refractivity contribution is 0.531. The summed E-state index contributed by atoms with van der Waals surface area (Å²) in [4.78, 5) is 0. The third-order valence-corrected chi connectivity index (χ3v) is 2.75. The van der Waals surface area contributed by atoms with Crippen molar-refractivity contribution in [2.75, 3.05) is 0 Å². The molecule has 0 heterocycles. The Labute approximate surface area is 93.8 Å². The predicted octanol–water partition coefficient (Wildman–Crippen LogP) is 3.24. The fourth-order valence-electron chi connectivity index (χ4n) is 1.87. The summed E-state index contributed by atoms with van der Waals surface area (Å²) in [5.74, 6) is -0.211. The zero-order valence-corrected chi connectivity index (χ0v) is 9.17. The second kappa shape index (κ2) is 4.47. The summed E-state index contributed by atoms with van der Waals surface area (Å²) >= 11 is 5.75. The quantitative estimate of drug-likeness (QED) is 0.735. The molecule has 1 unspecified atom stereocenters. The van der Waals surface area contributed by atoms with Crippen LogP contribution in [-0.4, -0.2) is 0 Å². The van der Waals surface area contributed by atoms with Crippen LogP contribution in [0.1, 0.15) is 30.0 Å². The third-order valence-electron chi connectivity index (χ3n) is 2.54. The number of fused-ring (bicyclic) bond motifs is 1. The van der Waals surface area contributed by atoms with Gasteiger partial charge < -0.3 is 5.73 Å². The van der Waals surface area contributed by atoms with Gasteiger partial charge in [-0.05, 0) is 42.5 Å². The largest absolute Gasteiger partial charge is 0.324 e. The highest BCUT2D eigenvalue weighted by atomic mass is 35.5. The van der Waals surface area contributed by atoms with Crippen LogP contribution < -0.4 is 5.73 Å². The van der Waals surface area contributed by atoms with E-state index in [1.54, 1.807) is 6.07 Å². The number of nitrogens with two attached hydrogens (primary N) is 1. The van der Waals surface area contributed by atoms with E-state index >= 15 is 0 Å². The first-order chi connectivity index (χ1) is 6.18. The molecule has 0 bridgehead atoms. The van der Waals surface area contributed by atoms with Gasteiger partial charge in [0.1, 0.15) is 5.82 Å². The summed E-state index contributed by atoms with van der Waals surface area (Å²) < 4.78 is 13.4. The van der Waals surface area contributed by atoms with Crippen LogP contribution in [0.2, 0.25) is 5.02 Å². The van der Waals surface area contributed by atoms with Gasteiger partial charge >= 0.3 is 0 Å². The number of halogens is 3. The van der Waals surface area contributed by atoms with Crippen LogP contribution in [0.4, 0.5) is 4.39 Å². The second-order valence-electron chi connectivity index (χ2n) is 3.45. The van der Waals surface area contributed by atoms with E-state index < -0.39 is 0 Å². The summed E-state index contributed by atoms with van der Waals surface area (Å²) in [7, 11) is 0. The van der Waals surface area contributed by atoms with E-state index in [0.29, 0.717) is 5.02 Å². The molecule has 14 heavy (non-hydrogen) atoms. The summed E-state index contributed by atoms with van der Waals surface area (Å²) in [6.07, 6.45) is 2.67. The molecule has 0 fully saturated rings.